The molecule has 1 N–H and O–H groups in total. The Kier molecular flexibility index (Phi) is 8.90. The number of esters is 1. The van der Waals surface area contributed by atoms with Gasteiger partial charge in [0.1, 0.15) is 0 Å². The highest BCUT2D eigenvalue weighted by molar-refractivity contribution is 8.00. The van der Waals surface area contributed by atoms with E-state index in [4.69, 9.17) is 32.7 Å². The van der Waals surface area contributed by atoms with E-state index < -0.39 is 0 Å². The third-order valence-corrected chi connectivity index (χ3v) is 6.51. The van der Waals surface area contributed by atoms with Crippen molar-refractivity contribution in [3.05, 3.63) is 58.1 Å². The summed E-state index contributed by atoms with van der Waals surface area (Å²) in [6.07, 6.45) is 0.103. The highest BCUT2D eigenvalue weighted by atomic mass is 35.5. The molecule has 1 fully saturated rings. The SMILES string of the molecule is COC(=O)Cc1cccc(SCC(=O)NCC2CN(c3ccc(Cl)c(Cl)c3)CCO2)c1. The third kappa shape index (κ3) is 7.31. The van der Waals surface area contributed by atoms with E-state index in [-0.39, 0.29) is 30.2 Å². The molecule has 1 amide bonds. The van der Waals surface area contributed by atoms with Gasteiger partial charge in [-0.15, -0.1) is 11.8 Å². The predicted molar refractivity (Wildman–Crippen MR) is 124 cm³/mol. The second-order valence-electron chi connectivity index (χ2n) is 7.03. The number of halogens is 2. The summed E-state index contributed by atoms with van der Waals surface area (Å²) in [7, 11) is 1.37. The monoisotopic (exact) mass is 482 g/mol. The Morgan fingerprint density at radius 2 is 2.06 bits per heavy atom. The molecule has 1 aliphatic heterocycles. The van der Waals surface area contributed by atoms with Crippen LogP contribution in [0, 0.1) is 0 Å². The maximum absolute atomic E-state index is 12.3. The molecule has 9 heteroatoms. The molecule has 31 heavy (non-hydrogen) atoms. The maximum Gasteiger partial charge on any atom is 0.309 e. The van der Waals surface area contributed by atoms with Crippen molar-refractivity contribution in [2.45, 2.75) is 17.4 Å². The summed E-state index contributed by atoms with van der Waals surface area (Å²) in [5, 5.41) is 3.98. The fraction of sp³-hybridized carbons (Fsp3) is 0.364. The number of carbonyl (C=O) groups excluding carboxylic acids is 2. The number of thioether (sulfide) groups is 1. The molecule has 1 atom stereocenters. The lowest BCUT2D eigenvalue weighted by atomic mass is 10.1. The van der Waals surface area contributed by atoms with E-state index in [9.17, 15) is 9.59 Å². The van der Waals surface area contributed by atoms with Gasteiger partial charge in [0, 0.05) is 30.2 Å². The highest BCUT2D eigenvalue weighted by Crippen LogP contribution is 2.28. The van der Waals surface area contributed by atoms with Gasteiger partial charge in [0.05, 0.1) is 42.0 Å². The minimum Gasteiger partial charge on any atom is -0.469 e. The molecule has 0 spiro atoms. The van der Waals surface area contributed by atoms with Crippen LogP contribution in [0.1, 0.15) is 5.56 Å². The number of anilines is 1. The Bertz CT molecular complexity index is 928. The van der Waals surface area contributed by atoms with Crippen molar-refractivity contribution < 1.29 is 19.1 Å². The first-order chi connectivity index (χ1) is 14.9. The number of nitrogens with zero attached hydrogens (tertiary/aromatic N) is 1. The summed E-state index contributed by atoms with van der Waals surface area (Å²) in [5.41, 5.74) is 1.84. The largest absolute Gasteiger partial charge is 0.469 e. The topological polar surface area (TPSA) is 67.9 Å². The van der Waals surface area contributed by atoms with Crippen LogP contribution in [0.15, 0.2) is 47.4 Å². The van der Waals surface area contributed by atoms with Gasteiger partial charge in [0.15, 0.2) is 0 Å². The first-order valence-corrected chi connectivity index (χ1v) is 11.6. The molecule has 2 aromatic carbocycles. The second kappa shape index (κ2) is 11.6. The number of nitrogens with one attached hydrogen (secondary N) is 1. The van der Waals surface area contributed by atoms with Crippen LogP contribution in [0.3, 0.4) is 0 Å². The number of hydrogen-bond acceptors (Lipinski definition) is 6. The number of methoxy groups -OCH3 is 1. The molecule has 0 aliphatic carbocycles. The van der Waals surface area contributed by atoms with Crippen molar-refractivity contribution in [1.29, 1.82) is 0 Å². The van der Waals surface area contributed by atoms with Crippen LogP contribution >= 0.6 is 35.0 Å². The number of morpholine rings is 1. The van der Waals surface area contributed by atoms with Crippen LogP contribution in [-0.2, 0) is 25.5 Å². The molecule has 2 aromatic rings. The van der Waals surface area contributed by atoms with Crippen LogP contribution in [0.5, 0.6) is 0 Å². The van der Waals surface area contributed by atoms with Gasteiger partial charge in [0.2, 0.25) is 5.91 Å². The zero-order valence-electron chi connectivity index (χ0n) is 17.1. The Hall–Kier alpha value is -1.93. The number of ether oxygens (including phenoxy) is 2. The minimum atomic E-state index is -0.290. The Morgan fingerprint density at radius 1 is 1.23 bits per heavy atom. The molecular formula is C22H24Cl2N2O4S. The van der Waals surface area contributed by atoms with Gasteiger partial charge in [0.25, 0.3) is 0 Å². The van der Waals surface area contributed by atoms with Gasteiger partial charge >= 0.3 is 5.97 Å². The quantitative estimate of drug-likeness (QED) is 0.455. The van der Waals surface area contributed by atoms with Gasteiger partial charge in [-0.3, -0.25) is 9.59 Å². The van der Waals surface area contributed by atoms with Crippen molar-refractivity contribution >= 4 is 52.5 Å². The molecule has 1 unspecified atom stereocenters. The first kappa shape index (κ1) is 23.7. The van der Waals surface area contributed by atoms with E-state index in [1.807, 2.05) is 36.4 Å². The molecule has 1 heterocycles. The van der Waals surface area contributed by atoms with Gasteiger partial charge in [-0.05, 0) is 35.9 Å². The first-order valence-electron chi connectivity index (χ1n) is 9.81. The van der Waals surface area contributed by atoms with Gasteiger partial charge in [-0.25, -0.2) is 0 Å². The molecule has 1 saturated heterocycles. The van der Waals surface area contributed by atoms with Gasteiger partial charge < -0.3 is 19.7 Å². The summed E-state index contributed by atoms with van der Waals surface area (Å²) >= 11 is 13.5. The van der Waals surface area contributed by atoms with Gasteiger partial charge in [-0.2, -0.15) is 0 Å². The Morgan fingerprint density at radius 3 is 2.84 bits per heavy atom. The number of amides is 1. The minimum absolute atomic E-state index is 0.0707. The van der Waals surface area contributed by atoms with Crippen molar-refractivity contribution in [3.63, 3.8) is 0 Å². The molecule has 1 aliphatic rings. The number of benzene rings is 2. The van der Waals surface area contributed by atoms with E-state index in [0.29, 0.717) is 29.7 Å². The number of carbonyl (C=O) groups is 2. The van der Waals surface area contributed by atoms with E-state index in [0.717, 1.165) is 22.7 Å². The summed E-state index contributed by atoms with van der Waals surface area (Å²) in [6, 6.07) is 13.1. The average molecular weight is 483 g/mol. The molecule has 3 rings (SSSR count). The Labute approximate surface area is 196 Å². The normalized spacial score (nSPS) is 16.1. The fourth-order valence-electron chi connectivity index (χ4n) is 3.17. The summed E-state index contributed by atoms with van der Waals surface area (Å²) in [5.74, 6) is -0.0776. The second-order valence-corrected chi connectivity index (χ2v) is 8.89. The van der Waals surface area contributed by atoms with Crippen LogP contribution in [-0.4, -0.2) is 57.1 Å². The predicted octanol–water partition coefficient (Wildman–Crippen LogP) is 3.82. The number of hydrogen-bond donors (Lipinski definition) is 1. The van der Waals surface area contributed by atoms with E-state index >= 15 is 0 Å². The zero-order valence-corrected chi connectivity index (χ0v) is 19.4. The smallest absolute Gasteiger partial charge is 0.309 e. The van der Waals surface area contributed by atoms with Crippen molar-refractivity contribution in [1.82, 2.24) is 5.32 Å². The molecule has 0 radical (unpaired) electrons. The van der Waals surface area contributed by atoms with E-state index in [1.165, 1.54) is 18.9 Å². The zero-order chi connectivity index (χ0) is 22.2. The molecule has 0 saturated carbocycles. The van der Waals surface area contributed by atoms with Crippen LogP contribution in [0.2, 0.25) is 10.0 Å². The van der Waals surface area contributed by atoms with E-state index in [2.05, 4.69) is 10.2 Å². The average Bonchev–Trinajstić information content (AvgIpc) is 2.78. The third-order valence-electron chi connectivity index (χ3n) is 4.78. The van der Waals surface area contributed by atoms with Crippen molar-refractivity contribution in [2.24, 2.45) is 0 Å². The van der Waals surface area contributed by atoms with Crippen LogP contribution in [0.4, 0.5) is 5.69 Å². The van der Waals surface area contributed by atoms with E-state index in [1.54, 1.807) is 6.07 Å². The van der Waals surface area contributed by atoms with Crippen LogP contribution < -0.4 is 10.2 Å². The Balaban J connectivity index is 1.44. The fourth-order valence-corrected chi connectivity index (χ4v) is 4.27. The lowest BCUT2D eigenvalue weighted by Gasteiger charge is -2.34. The standard InChI is InChI=1S/C22H24Cl2N2O4S/c1-29-22(28)10-15-3-2-4-18(9-15)31-14-21(27)25-12-17-13-26(7-8-30-17)16-5-6-19(23)20(24)11-16/h2-6,9,11,17H,7-8,10,12-14H2,1H3,(H,25,27). The molecule has 166 valence electrons. The van der Waals surface area contributed by atoms with Crippen LogP contribution in [0.25, 0.3) is 0 Å². The van der Waals surface area contributed by atoms with Crippen molar-refractivity contribution in [2.75, 3.05) is 44.0 Å². The maximum atomic E-state index is 12.3. The lowest BCUT2D eigenvalue weighted by Crippen LogP contribution is -2.47. The lowest BCUT2D eigenvalue weighted by molar-refractivity contribution is -0.139. The number of rotatable bonds is 8. The van der Waals surface area contributed by atoms with Gasteiger partial charge in [-0.1, -0.05) is 35.3 Å². The highest BCUT2D eigenvalue weighted by Gasteiger charge is 2.21. The summed E-state index contributed by atoms with van der Waals surface area (Å²) in [4.78, 5) is 26.8. The van der Waals surface area contributed by atoms with Crippen molar-refractivity contribution in [3.8, 4) is 0 Å². The summed E-state index contributed by atoms with van der Waals surface area (Å²) < 4.78 is 10.5. The summed E-state index contributed by atoms with van der Waals surface area (Å²) in [6.45, 7) is 2.41. The molecule has 0 bridgehead atoms. The molecule has 6 nitrogen and oxygen atoms in total. The molecule has 0 aromatic heterocycles. The molecular weight excluding hydrogens is 459 g/mol.